The number of alkyl halides is 3. The molecule has 0 aliphatic carbocycles. The molecule has 1 aromatic carbocycles. The lowest BCUT2D eigenvalue weighted by atomic mass is 10.0. The van der Waals surface area contributed by atoms with Crippen LogP contribution in [-0.4, -0.2) is 18.1 Å². The maximum Gasteiger partial charge on any atom is 0.417 e. The van der Waals surface area contributed by atoms with Gasteiger partial charge in [-0.3, -0.25) is 0 Å². The van der Waals surface area contributed by atoms with E-state index in [0.717, 1.165) is 12.5 Å². The highest BCUT2D eigenvalue weighted by atomic mass is 32.1. The molecule has 106 valence electrons. The lowest BCUT2D eigenvalue weighted by molar-refractivity contribution is -0.137. The minimum atomic E-state index is -4.47. The summed E-state index contributed by atoms with van der Waals surface area (Å²) in [6.07, 6.45) is -3.63. The van der Waals surface area contributed by atoms with Gasteiger partial charge in [0.05, 0.1) is 5.56 Å². The summed E-state index contributed by atoms with van der Waals surface area (Å²) in [5.74, 6) is 0. The van der Waals surface area contributed by atoms with Crippen LogP contribution in [-0.2, 0) is 6.18 Å². The standard InChI is InChI=1S/C13H17F3N2S/c1-4-8(2)18(3)9-5-6-10(12(17)19)11(7-9)13(14,15)16/h5-8H,4H2,1-3H3,(H2,17,19). The summed E-state index contributed by atoms with van der Waals surface area (Å²) in [6.45, 7) is 3.93. The van der Waals surface area contributed by atoms with Crippen LogP contribution in [0.5, 0.6) is 0 Å². The SMILES string of the molecule is CCC(C)N(C)c1ccc(C(N)=S)c(C(F)(F)F)c1. The normalized spacial score (nSPS) is 13.2. The molecular weight excluding hydrogens is 273 g/mol. The molecule has 0 aliphatic heterocycles. The fraction of sp³-hybridized carbons (Fsp3) is 0.462. The summed E-state index contributed by atoms with van der Waals surface area (Å²) in [4.78, 5) is 1.56. The zero-order valence-corrected chi connectivity index (χ0v) is 11.9. The number of hydrogen-bond acceptors (Lipinski definition) is 2. The molecule has 0 saturated carbocycles. The van der Waals surface area contributed by atoms with E-state index in [4.69, 9.17) is 5.73 Å². The smallest absolute Gasteiger partial charge is 0.389 e. The van der Waals surface area contributed by atoms with Gasteiger partial charge in [0.25, 0.3) is 0 Å². The number of nitrogens with zero attached hydrogens (tertiary/aromatic N) is 1. The Balaban J connectivity index is 3.30. The van der Waals surface area contributed by atoms with Gasteiger partial charge in [0.15, 0.2) is 0 Å². The Morgan fingerprint density at radius 1 is 1.42 bits per heavy atom. The lowest BCUT2D eigenvalue weighted by Gasteiger charge is -2.27. The number of thiocarbonyl (C=S) groups is 1. The average Bonchev–Trinajstić information content (AvgIpc) is 2.35. The summed E-state index contributed by atoms with van der Waals surface area (Å²) in [7, 11) is 1.77. The Labute approximate surface area is 116 Å². The van der Waals surface area contributed by atoms with Crippen molar-refractivity contribution in [1.29, 1.82) is 0 Å². The average molecular weight is 290 g/mol. The van der Waals surface area contributed by atoms with Gasteiger partial charge in [0, 0.05) is 24.3 Å². The van der Waals surface area contributed by atoms with E-state index < -0.39 is 11.7 Å². The quantitative estimate of drug-likeness (QED) is 0.860. The molecule has 0 heterocycles. The monoisotopic (exact) mass is 290 g/mol. The zero-order valence-electron chi connectivity index (χ0n) is 11.1. The second-order valence-corrected chi connectivity index (χ2v) is 4.90. The van der Waals surface area contributed by atoms with E-state index in [1.165, 1.54) is 6.07 Å². The number of benzene rings is 1. The Bertz CT molecular complexity index is 471. The molecule has 0 aliphatic rings. The second kappa shape index (κ2) is 5.77. The maximum atomic E-state index is 13.0. The van der Waals surface area contributed by atoms with Crippen LogP contribution >= 0.6 is 12.2 Å². The van der Waals surface area contributed by atoms with Crippen molar-refractivity contribution in [2.24, 2.45) is 5.73 Å². The van der Waals surface area contributed by atoms with Crippen LogP contribution in [0.2, 0.25) is 0 Å². The molecule has 19 heavy (non-hydrogen) atoms. The fourth-order valence-corrected chi connectivity index (χ4v) is 1.91. The highest BCUT2D eigenvalue weighted by Crippen LogP contribution is 2.34. The Hall–Kier alpha value is -1.30. The summed E-state index contributed by atoms with van der Waals surface area (Å²) in [5, 5.41) is 0. The van der Waals surface area contributed by atoms with Crippen LogP contribution in [0.3, 0.4) is 0 Å². The Morgan fingerprint density at radius 2 is 2.00 bits per heavy atom. The first kappa shape index (κ1) is 15.8. The van der Waals surface area contributed by atoms with Crippen molar-refractivity contribution in [1.82, 2.24) is 0 Å². The molecule has 0 spiro atoms. The second-order valence-electron chi connectivity index (χ2n) is 4.46. The minimum Gasteiger partial charge on any atom is -0.389 e. The predicted octanol–water partition coefficient (Wildman–Crippen LogP) is 3.57. The van der Waals surface area contributed by atoms with Crippen LogP contribution in [0, 0.1) is 0 Å². The first-order valence-electron chi connectivity index (χ1n) is 5.92. The molecule has 1 unspecified atom stereocenters. The van der Waals surface area contributed by atoms with Crippen molar-refractivity contribution in [2.45, 2.75) is 32.5 Å². The number of anilines is 1. The van der Waals surface area contributed by atoms with E-state index in [9.17, 15) is 13.2 Å². The van der Waals surface area contributed by atoms with Crippen LogP contribution < -0.4 is 10.6 Å². The van der Waals surface area contributed by atoms with Gasteiger partial charge in [-0.2, -0.15) is 13.2 Å². The third-order valence-corrected chi connectivity index (χ3v) is 3.45. The third-order valence-electron chi connectivity index (χ3n) is 3.23. The van der Waals surface area contributed by atoms with Crippen molar-refractivity contribution >= 4 is 22.9 Å². The predicted molar refractivity (Wildman–Crippen MR) is 75.5 cm³/mol. The molecule has 1 rings (SSSR count). The molecule has 0 saturated heterocycles. The summed E-state index contributed by atoms with van der Waals surface area (Å²) >= 11 is 4.67. The molecule has 0 amide bonds. The molecular formula is C13H17F3N2S. The molecule has 0 bridgehead atoms. The van der Waals surface area contributed by atoms with Crippen molar-refractivity contribution < 1.29 is 13.2 Å². The molecule has 0 radical (unpaired) electrons. The van der Waals surface area contributed by atoms with E-state index in [0.29, 0.717) is 5.69 Å². The molecule has 2 nitrogen and oxygen atoms in total. The zero-order chi connectivity index (χ0) is 14.8. The largest absolute Gasteiger partial charge is 0.417 e. The topological polar surface area (TPSA) is 29.3 Å². The molecule has 2 N–H and O–H groups in total. The van der Waals surface area contributed by atoms with Gasteiger partial charge in [-0.25, -0.2) is 0 Å². The number of rotatable bonds is 4. The number of halogens is 3. The summed E-state index contributed by atoms with van der Waals surface area (Å²) < 4.78 is 39.0. The van der Waals surface area contributed by atoms with E-state index in [1.807, 2.05) is 13.8 Å². The van der Waals surface area contributed by atoms with Gasteiger partial charge < -0.3 is 10.6 Å². The van der Waals surface area contributed by atoms with Crippen molar-refractivity contribution in [3.63, 3.8) is 0 Å². The van der Waals surface area contributed by atoms with Crippen LogP contribution in [0.4, 0.5) is 18.9 Å². The van der Waals surface area contributed by atoms with Crippen molar-refractivity contribution in [3.8, 4) is 0 Å². The van der Waals surface area contributed by atoms with Gasteiger partial charge in [-0.1, -0.05) is 19.1 Å². The van der Waals surface area contributed by atoms with E-state index in [1.54, 1.807) is 18.0 Å². The van der Waals surface area contributed by atoms with Gasteiger partial charge >= 0.3 is 6.18 Å². The minimum absolute atomic E-state index is 0.135. The highest BCUT2D eigenvalue weighted by Gasteiger charge is 2.34. The Kier molecular flexibility index (Phi) is 4.79. The molecule has 0 fully saturated rings. The molecule has 0 aromatic heterocycles. The molecule has 6 heteroatoms. The Morgan fingerprint density at radius 3 is 2.42 bits per heavy atom. The first-order valence-corrected chi connectivity index (χ1v) is 6.33. The maximum absolute atomic E-state index is 13.0. The molecule has 1 aromatic rings. The van der Waals surface area contributed by atoms with Crippen molar-refractivity contribution in [3.05, 3.63) is 29.3 Å². The molecule has 1 atom stereocenters. The van der Waals surface area contributed by atoms with Gasteiger partial charge in [0.2, 0.25) is 0 Å². The fourth-order valence-electron chi connectivity index (χ4n) is 1.73. The highest BCUT2D eigenvalue weighted by molar-refractivity contribution is 7.80. The van der Waals surface area contributed by atoms with E-state index >= 15 is 0 Å². The number of nitrogens with two attached hydrogens (primary N) is 1. The summed E-state index contributed by atoms with van der Waals surface area (Å²) in [5.41, 5.74) is 4.92. The van der Waals surface area contributed by atoms with Crippen LogP contribution in [0.15, 0.2) is 18.2 Å². The van der Waals surface area contributed by atoms with Gasteiger partial charge in [-0.15, -0.1) is 0 Å². The van der Waals surface area contributed by atoms with E-state index in [-0.39, 0.29) is 16.6 Å². The number of hydrogen-bond donors (Lipinski definition) is 1. The van der Waals surface area contributed by atoms with Crippen molar-refractivity contribution in [2.75, 3.05) is 11.9 Å². The van der Waals surface area contributed by atoms with E-state index in [2.05, 4.69) is 12.2 Å². The van der Waals surface area contributed by atoms with Crippen LogP contribution in [0.25, 0.3) is 0 Å². The first-order chi connectivity index (χ1) is 8.68. The summed E-state index contributed by atoms with van der Waals surface area (Å²) in [6, 6.07) is 4.19. The van der Waals surface area contributed by atoms with Crippen LogP contribution in [0.1, 0.15) is 31.4 Å². The third kappa shape index (κ3) is 3.59. The lowest BCUT2D eigenvalue weighted by Crippen LogP contribution is -2.28. The van der Waals surface area contributed by atoms with Gasteiger partial charge in [0.1, 0.15) is 4.99 Å². The van der Waals surface area contributed by atoms with Gasteiger partial charge in [-0.05, 0) is 31.5 Å².